The fourth-order valence-corrected chi connectivity index (χ4v) is 3.44. The van der Waals surface area contributed by atoms with Gasteiger partial charge in [0, 0.05) is 19.6 Å². The molecule has 2 aliphatic heterocycles. The Morgan fingerprint density at radius 1 is 1.35 bits per heavy atom. The summed E-state index contributed by atoms with van der Waals surface area (Å²) in [4.78, 5) is 14.1. The number of aliphatic hydroxyl groups excluding tert-OH is 1. The lowest BCUT2D eigenvalue weighted by Gasteiger charge is -2.25. The summed E-state index contributed by atoms with van der Waals surface area (Å²) in [5, 5.41) is 12.5. The molecule has 1 saturated carbocycles. The van der Waals surface area contributed by atoms with Crippen LogP contribution in [-0.2, 0) is 4.79 Å². The molecular weight excluding hydrogens is 240 g/mol. The average molecular weight is 261 g/mol. The molecule has 2 N–H and O–H groups in total. The Morgan fingerprint density at radius 2 is 1.94 bits per heavy atom. The van der Waals surface area contributed by atoms with Crippen LogP contribution in [0.2, 0.25) is 0 Å². The number of amides is 1. The van der Waals surface area contributed by atoms with Gasteiger partial charge >= 0.3 is 0 Å². The van der Waals surface area contributed by atoms with Crippen LogP contribution in [0.5, 0.6) is 0 Å². The van der Waals surface area contributed by atoms with Crippen LogP contribution in [0.1, 0.15) is 20.3 Å². The van der Waals surface area contributed by atoms with E-state index in [4.69, 9.17) is 0 Å². The van der Waals surface area contributed by atoms with E-state index >= 15 is 0 Å². The maximum atomic E-state index is 12.1. The maximum Gasteiger partial charge on any atom is 0.239 e. The van der Waals surface area contributed by atoms with E-state index in [1.807, 2.05) is 4.90 Å². The Labute approximate surface area is 108 Å². The molecule has 3 rings (SSSR count). The lowest BCUT2D eigenvalue weighted by Crippen LogP contribution is -2.44. The van der Waals surface area contributed by atoms with Gasteiger partial charge in [-0.3, -0.25) is 4.79 Å². The molecule has 2 saturated heterocycles. The standard InChI is InChI=1S/C12H20N2O2.ClH/c1-12(2)8-5-14(6-9(8)12)11(16)10-3-7(15)4-13-10;/h7-10,13,15H,3-6H2,1-2H3;1H. The van der Waals surface area contributed by atoms with E-state index in [0.717, 1.165) is 13.1 Å². The number of nitrogens with zero attached hydrogens (tertiary/aromatic N) is 1. The minimum absolute atomic E-state index is 0. The largest absolute Gasteiger partial charge is 0.392 e. The number of likely N-dealkylation sites (tertiary alicyclic amines) is 1. The fraction of sp³-hybridized carbons (Fsp3) is 0.917. The number of halogens is 1. The number of hydrogen-bond donors (Lipinski definition) is 2. The first kappa shape index (κ1) is 13.1. The van der Waals surface area contributed by atoms with Crippen molar-refractivity contribution in [2.45, 2.75) is 32.4 Å². The van der Waals surface area contributed by atoms with Crippen molar-refractivity contribution < 1.29 is 9.90 Å². The molecule has 2 heterocycles. The summed E-state index contributed by atoms with van der Waals surface area (Å²) in [6, 6.07) is -0.143. The molecule has 3 aliphatic rings. The highest BCUT2D eigenvalue weighted by Gasteiger charge is 2.62. The summed E-state index contributed by atoms with van der Waals surface area (Å²) in [5.41, 5.74) is 0.458. The third-order valence-corrected chi connectivity index (χ3v) is 4.84. The van der Waals surface area contributed by atoms with Gasteiger partial charge < -0.3 is 15.3 Å². The molecule has 0 bridgehead atoms. The van der Waals surface area contributed by atoms with Crippen LogP contribution in [0.3, 0.4) is 0 Å². The van der Waals surface area contributed by atoms with E-state index in [1.54, 1.807) is 0 Å². The second-order valence-corrected chi connectivity index (χ2v) is 6.13. The smallest absolute Gasteiger partial charge is 0.239 e. The number of hydrogen-bond acceptors (Lipinski definition) is 3. The number of carbonyl (C=O) groups is 1. The van der Waals surface area contributed by atoms with Crippen LogP contribution in [0.4, 0.5) is 0 Å². The average Bonchev–Trinajstić information content (AvgIpc) is 2.72. The lowest BCUT2D eigenvalue weighted by atomic mass is 10.1. The fourth-order valence-electron chi connectivity index (χ4n) is 3.44. The van der Waals surface area contributed by atoms with E-state index in [1.165, 1.54) is 0 Å². The summed E-state index contributed by atoms with van der Waals surface area (Å²) in [5.74, 6) is 1.62. The van der Waals surface area contributed by atoms with Crippen molar-refractivity contribution in [1.82, 2.24) is 10.2 Å². The van der Waals surface area contributed by atoms with Crippen LogP contribution in [-0.4, -0.2) is 47.7 Å². The van der Waals surface area contributed by atoms with Gasteiger partial charge in [-0.1, -0.05) is 13.8 Å². The number of piperidine rings is 1. The van der Waals surface area contributed by atoms with Crippen molar-refractivity contribution in [1.29, 1.82) is 0 Å². The molecule has 0 aromatic heterocycles. The monoisotopic (exact) mass is 260 g/mol. The molecule has 0 spiro atoms. The molecule has 1 aliphatic carbocycles. The van der Waals surface area contributed by atoms with Crippen LogP contribution < -0.4 is 5.32 Å². The number of rotatable bonds is 1. The van der Waals surface area contributed by atoms with E-state index in [0.29, 0.717) is 30.2 Å². The maximum absolute atomic E-state index is 12.1. The van der Waals surface area contributed by atoms with Crippen molar-refractivity contribution in [3.05, 3.63) is 0 Å². The second kappa shape index (κ2) is 4.11. The SMILES string of the molecule is CC1(C)C2CN(C(=O)C3CC(O)CN3)CC21.Cl. The number of β-amino-alcohol motifs (C(OH)–C–C–N with tert-alkyl or cyclic N) is 1. The van der Waals surface area contributed by atoms with E-state index in [9.17, 15) is 9.90 Å². The Bertz CT molecular complexity index is 320. The molecule has 4 nitrogen and oxygen atoms in total. The molecule has 4 unspecified atom stereocenters. The first-order valence-electron chi connectivity index (χ1n) is 6.20. The van der Waals surface area contributed by atoms with E-state index in [-0.39, 0.29) is 30.5 Å². The highest BCUT2D eigenvalue weighted by Crippen LogP contribution is 2.61. The van der Waals surface area contributed by atoms with Gasteiger partial charge in [0.05, 0.1) is 12.1 Å². The van der Waals surface area contributed by atoms with Gasteiger partial charge in [0.25, 0.3) is 0 Å². The van der Waals surface area contributed by atoms with Gasteiger partial charge in [-0.15, -0.1) is 12.4 Å². The first-order valence-corrected chi connectivity index (χ1v) is 6.20. The zero-order valence-corrected chi connectivity index (χ0v) is 11.2. The molecule has 0 aromatic carbocycles. The molecule has 5 heteroatoms. The number of carbonyl (C=O) groups excluding carboxylic acids is 1. The Kier molecular flexibility index (Phi) is 3.17. The third-order valence-electron chi connectivity index (χ3n) is 4.84. The minimum atomic E-state index is -0.345. The zero-order valence-electron chi connectivity index (χ0n) is 10.3. The summed E-state index contributed by atoms with van der Waals surface area (Å²) in [7, 11) is 0. The molecule has 1 amide bonds. The molecule has 4 atom stereocenters. The zero-order chi connectivity index (χ0) is 11.5. The van der Waals surface area contributed by atoms with Crippen molar-refractivity contribution in [2.24, 2.45) is 17.3 Å². The summed E-state index contributed by atoms with van der Waals surface area (Å²) in [6.07, 6.45) is 0.233. The minimum Gasteiger partial charge on any atom is -0.392 e. The van der Waals surface area contributed by atoms with Gasteiger partial charge in [0.2, 0.25) is 5.91 Å². The van der Waals surface area contributed by atoms with Gasteiger partial charge in [-0.05, 0) is 23.7 Å². The second-order valence-electron chi connectivity index (χ2n) is 6.13. The van der Waals surface area contributed by atoms with E-state index in [2.05, 4.69) is 19.2 Å². The summed E-state index contributed by atoms with van der Waals surface area (Å²) >= 11 is 0. The van der Waals surface area contributed by atoms with Gasteiger partial charge in [-0.2, -0.15) is 0 Å². The summed E-state index contributed by atoms with van der Waals surface area (Å²) < 4.78 is 0. The molecule has 0 aromatic rings. The Morgan fingerprint density at radius 3 is 2.41 bits per heavy atom. The molecule has 17 heavy (non-hydrogen) atoms. The van der Waals surface area contributed by atoms with Crippen molar-refractivity contribution in [3.8, 4) is 0 Å². The van der Waals surface area contributed by atoms with Crippen molar-refractivity contribution >= 4 is 18.3 Å². The summed E-state index contributed by atoms with van der Waals surface area (Å²) in [6.45, 7) is 6.99. The third kappa shape index (κ3) is 1.96. The predicted molar refractivity (Wildman–Crippen MR) is 67.0 cm³/mol. The Balaban J connectivity index is 0.00000108. The lowest BCUT2D eigenvalue weighted by molar-refractivity contribution is -0.133. The first-order chi connectivity index (χ1) is 7.50. The van der Waals surface area contributed by atoms with Crippen LogP contribution in [0, 0.1) is 17.3 Å². The van der Waals surface area contributed by atoms with Crippen molar-refractivity contribution in [2.75, 3.05) is 19.6 Å². The van der Waals surface area contributed by atoms with Crippen LogP contribution in [0.25, 0.3) is 0 Å². The number of nitrogens with one attached hydrogen (secondary N) is 1. The molecule has 0 radical (unpaired) electrons. The Hall–Kier alpha value is -0.320. The topological polar surface area (TPSA) is 52.6 Å². The predicted octanol–water partition coefficient (Wildman–Crippen LogP) is 0.245. The normalized spacial score (nSPS) is 41.9. The van der Waals surface area contributed by atoms with Crippen LogP contribution in [0.15, 0.2) is 0 Å². The molecular formula is C12H21ClN2O2. The van der Waals surface area contributed by atoms with Gasteiger partial charge in [0.15, 0.2) is 0 Å². The van der Waals surface area contributed by atoms with E-state index < -0.39 is 0 Å². The number of fused-ring (bicyclic) bond motifs is 1. The van der Waals surface area contributed by atoms with Gasteiger partial charge in [-0.25, -0.2) is 0 Å². The molecule has 3 fully saturated rings. The highest BCUT2D eigenvalue weighted by atomic mass is 35.5. The van der Waals surface area contributed by atoms with Crippen molar-refractivity contribution in [3.63, 3.8) is 0 Å². The quantitative estimate of drug-likeness (QED) is 0.711. The number of aliphatic hydroxyl groups is 1. The van der Waals surface area contributed by atoms with Gasteiger partial charge in [0.1, 0.15) is 0 Å². The van der Waals surface area contributed by atoms with Crippen LogP contribution >= 0.6 is 12.4 Å². The highest BCUT2D eigenvalue weighted by molar-refractivity contribution is 5.85. The molecule has 98 valence electrons.